The first kappa shape index (κ1) is 13.3. The Kier molecular flexibility index (Phi) is 4.11. The molecular formula is C14H28N2O. The number of rotatable bonds is 3. The summed E-state index contributed by atoms with van der Waals surface area (Å²) in [5.41, 5.74) is 0.515. The highest BCUT2D eigenvalue weighted by Gasteiger charge is 2.36. The summed E-state index contributed by atoms with van der Waals surface area (Å²) in [5, 5.41) is 3.73. The quantitative estimate of drug-likeness (QED) is 0.813. The number of nitrogens with zero attached hydrogens (tertiary/aromatic N) is 1. The minimum absolute atomic E-state index is 0.379. The maximum Gasteiger partial charge on any atom is 0.0826 e. The number of hydrogen-bond acceptors (Lipinski definition) is 3. The van der Waals surface area contributed by atoms with Gasteiger partial charge in [-0.3, -0.25) is 0 Å². The zero-order chi connectivity index (χ0) is 12.5. The van der Waals surface area contributed by atoms with E-state index < -0.39 is 0 Å². The average Bonchev–Trinajstić information content (AvgIpc) is 2.49. The molecule has 2 rings (SSSR count). The highest BCUT2D eigenvalue weighted by atomic mass is 16.5. The fraction of sp³-hybridized carbons (Fsp3) is 1.00. The molecule has 0 spiro atoms. The second-order valence-corrected chi connectivity index (χ2v) is 6.82. The Hall–Kier alpha value is -0.120. The Bertz CT molecular complexity index is 255. The summed E-state index contributed by atoms with van der Waals surface area (Å²) >= 11 is 0. The van der Waals surface area contributed by atoms with Gasteiger partial charge < -0.3 is 15.0 Å². The third-order valence-corrected chi connectivity index (χ3v) is 4.28. The van der Waals surface area contributed by atoms with Crippen molar-refractivity contribution in [1.29, 1.82) is 0 Å². The molecule has 0 aromatic carbocycles. The van der Waals surface area contributed by atoms with Crippen molar-refractivity contribution in [3.05, 3.63) is 0 Å². The lowest BCUT2D eigenvalue weighted by atomic mass is 9.91. The Labute approximate surface area is 106 Å². The van der Waals surface area contributed by atoms with E-state index in [1.165, 1.54) is 12.8 Å². The molecule has 1 aliphatic heterocycles. The van der Waals surface area contributed by atoms with E-state index in [1.54, 1.807) is 0 Å². The van der Waals surface area contributed by atoms with E-state index in [4.69, 9.17) is 4.74 Å². The van der Waals surface area contributed by atoms with Crippen LogP contribution in [0.1, 0.15) is 33.6 Å². The Morgan fingerprint density at radius 3 is 2.71 bits per heavy atom. The van der Waals surface area contributed by atoms with E-state index >= 15 is 0 Å². The first-order valence-corrected chi connectivity index (χ1v) is 7.00. The molecule has 3 atom stereocenters. The molecule has 100 valence electrons. The van der Waals surface area contributed by atoms with Crippen LogP contribution in [0.15, 0.2) is 0 Å². The largest absolute Gasteiger partial charge is 0.374 e. The van der Waals surface area contributed by atoms with E-state index in [0.717, 1.165) is 32.2 Å². The van der Waals surface area contributed by atoms with Crippen LogP contribution >= 0.6 is 0 Å². The van der Waals surface area contributed by atoms with E-state index in [-0.39, 0.29) is 0 Å². The topological polar surface area (TPSA) is 24.5 Å². The summed E-state index contributed by atoms with van der Waals surface area (Å²) < 4.78 is 5.79. The average molecular weight is 240 g/mol. The van der Waals surface area contributed by atoms with Gasteiger partial charge in [0.2, 0.25) is 0 Å². The minimum atomic E-state index is 0.379. The maximum atomic E-state index is 5.79. The first-order valence-electron chi connectivity index (χ1n) is 7.00. The van der Waals surface area contributed by atoms with Gasteiger partial charge in [0.1, 0.15) is 0 Å². The normalized spacial score (nSPS) is 38.5. The van der Waals surface area contributed by atoms with Gasteiger partial charge >= 0.3 is 0 Å². The summed E-state index contributed by atoms with van der Waals surface area (Å²) in [6.07, 6.45) is 3.02. The number of morpholine rings is 1. The fourth-order valence-electron chi connectivity index (χ4n) is 3.44. The maximum absolute atomic E-state index is 5.79. The summed E-state index contributed by atoms with van der Waals surface area (Å²) in [5.74, 6) is 0.798. The van der Waals surface area contributed by atoms with E-state index in [0.29, 0.717) is 17.6 Å². The van der Waals surface area contributed by atoms with Crippen molar-refractivity contribution in [2.45, 2.75) is 45.8 Å². The van der Waals surface area contributed by atoms with Gasteiger partial charge in [-0.15, -0.1) is 0 Å². The van der Waals surface area contributed by atoms with Crippen molar-refractivity contribution < 1.29 is 4.74 Å². The molecule has 1 saturated heterocycles. The van der Waals surface area contributed by atoms with Crippen LogP contribution in [0.25, 0.3) is 0 Å². The van der Waals surface area contributed by atoms with Gasteiger partial charge in [-0.2, -0.15) is 0 Å². The molecule has 0 amide bonds. The summed E-state index contributed by atoms with van der Waals surface area (Å²) in [4.78, 5) is 2.36. The Balaban J connectivity index is 1.75. The summed E-state index contributed by atoms with van der Waals surface area (Å²) in [6.45, 7) is 11.2. The lowest BCUT2D eigenvalue weighted by Crippen LogP contribution is -2.47. The molecule has 1 N–H and O–H groups in total. The highest BCUT2D eigenvalue weighted by Crippen LogP contribution is 2.40. The molecule has 0 bridgehead atoms. The van der Waals surface area contributed by atoms with Gasteiger partial charge in [0, 0.05) is 25.7 Å². The number of nitrogens with one attached hydrogen (secondary N) is 1. The Morgan fingerprint density at radius 2 is 2.12 bits per heavy atom. The molecule has 3 nitrogen and oxygen atoms in total. The first-order chi connectivity index (χ1) is 7.96. The smallest absolute Gasteiger partial charge is 0.0826 e. The summed E-state index contributed by atoms with van der Waals surface area (Å²) in [7, 11) is 2.18. The molecular weight excluding hydrogens is 212 g/mol. The van der Waals surface area contributed by atoms with Crippen molar-refractivity contribution in [1.82, 2.24) is 10.2 Å². The third-order valence-electron chi connectivity index (χ3n) is 4.28. The predicted octanol–water partition coefficient (Wildman–Crippen LogP) is 1.73. The Morgan fingerprint density at radius 1 is 1.35 bits per heavy atom. The predicted molar refractivity (Wildman–Crippen MR) is 71.2 cm³/mol. The van der Waals surface area contributed by atoms with Gasteiger partial charge in [0.25, 0.3) is 0 Å². The van der Waals surface area contributed by atoms with Crippen molar-refractivity contribution in [2.24, 2.45) is 11.3 Å². The molecule has 2 fully saturated rings. The highest BCUT2D eigenvalue weighted by molar-refractivity contribution is 4.91. The monoisotopic (exact) mass is 240 g/mol. The zero-order valence-corrected chi connectivity index (χ0v) is 11.8. The molecule has 0 aromatic rings. The second kappa shape index (κ2) is 5.25. The van der Waals surface area contributed by atoms with Gasteiger partial charge in [-0.05, 0) is 31.2 Å². The standard InChI is InChI=1S/C14H28N2O/c1-11-7-14(2,3)8-13(11)15-9-12-10-16(4)5-6-17-12/h11-13,15H,5-10H2,1-4H3. The zero-order valence-electron chi connectivity index (χ0n) is 11.8. The van der Waals surface area contributed by atoms with Gasteiger partial charge in [0.15, 0.2) is 0 Å². The van der Waals surface area contributed by atoms with Crippen LogP contribution < -0.4 is 5.32 Å². The fourth-order valence-corrected chi connectivity index (χ4v) is 3.44. The molecule has 3 unspecified atom stereocenters. The third kappa shape index (κ3) is 3.67. The summed E-state index contributed by atoms with van der Waals surface area (Å²) in [6, 6.07) is 0.681. The van der Waals surface area contributed by atoms with Crippen LogP contribution in [0.2, 0.25) is 0 Å². The molecule has 1 aliphatic carbocycles. The van der Waals surface area contributed by atoms with Crippen molar-refractivity contribution >= 4 is 0 Å². The lowest BCUT2D eigenvalue weighted by Gasteiger charge is -2.31. The molecule has 3 heteroatoms. The van der Waals surface area contributed by atoms with Gasteiger partial charge in [0.05, 0.1) is 12.7 Å². The molecule has 2 aliphatic rings. The van der Waals surface area contributed by atoms with E-state index in [2.05, 4.69) is 38.0 Å². The van der Waals surface area contributed by atoms with Gasteiger partial charge in [-0.1, -0.05) is 20.8 Å². The van der Waals surface area contributed by atoms with Crippen LogP contribution in [-0.2, 0) is 4.74 Å². The molecule has 1 saturated carbocycles. The SMILES string of the molecule is CC1CC(C)(C)CC1NCC1CN(C)CCO1. The van der Waals surface area contributed by atoms with Crippen molar-refractivity contribution in [2.75, 3.05) is 33.3 Å². The molecule has 0 radical (unpaired) electrons. The van der Waals surface area contributed by atoms with E-state index in [1.807, 2.05) is 0 Å². The lowest BCUT2D eigenvalue weighted by molar-refractivity contribution is -0.0197. The van der Waals surface area contributed by atoms with Crippen LogP contribution in [0, 0.1) is 11.3 Å². The van der Waals surface area contributed by atoms with Crippen LogP contribution in [0.3, 0.4) is 0 Å². The molecule has 17 heavy (non-hydrogen) atoms. The molecule has 1 heterocycles. The molecule has 0 aromatic heterocycles. The number of ether oxygens (including phenoxy) is 1. The van der Waals surface area contributed by atoms with Crippen LogP contribution in [-0.4, -0.2) is 50.3 Å². The van der Waals surface area contributed by atoms with E-state index in [9.17, 15) is 0 Å². The van der Waals surface area contributed by atoms with Crippen LogP contribution in [0.4, 0.5) is 0 Å². The van der Waals surface area contributed by atoms with Crippen molar-refractivity contribution in [3.8, 4) is 0 Å². The minimum Gasteiger partial charge on any atom is -0.374 e. The second-order valence-electron chi connectivity index (χ2n) is 6.82. The van der Waals surface area contributed by atoms with Crippen LogP contribution in [0.5, 0.6) is 0 Å². The number of likely N-dealkylation sites (N-methyl/N-ethyl adjacent to an activating group) is 1. The van der Waals surface area contributed by atoms with Gasteiger partial charge in [-0.25, -0.2) is 0 Å². The number of hydrogen-bond donors (Lipinski definition) is 1. The van der Waals surface area contributed by atoms with Crippen molar-refractivity contribution in [3.63, 3.8) is 0 Å².